The van der Waals surface area contributed by atoms with Gasteiger partial charge in [-0.25, -0.2) is 0 Å². The SMILES string of the molecule is CN(C)CCC(c1ccccc1)c1cc2ccccc2[nH]1. The van der Waals surface area contributed by atoms with E-state index in [1.54, 1.807) is 0 Å². The maximum atomic E-state index is 3.60. The van der Waals surface area contributed by atoms with Gasteiger partial charge in [-0.2, -0.15) is 0 Å². The zero-order valence-electron chi connectivity index (χ0n) is 12.7. The second-order valence-electron chi connectivity index (χ2n) is 5.87. The number of nitrogens with one attached hydrogen (secondary N) is 1. The predicted octanol–water partition coefficient (Wildman–Crippen LogP) is 4.25. The van der Waals surface area contributed by atoms with Crippen LogP contribution in [-0.4, -0.2) is 30.5 Å². The second kappa shape index (κ2) is 6.15. The van der Waals surface area contributed by atoms with Gasteiger partial charge in [-0.1, -0.05) is 48.5 Å². The summed E-state index contributed by atoms with van der Waals surface area (Å²) in [4.78, 5) is 5.85. The molecule has 108 valence electrons. The molecule has 0 fully saturated rings. The quantitative estimate of drug-likeness (QED) is 0.739. The molecule has 2 aromatic carbocycles. The van der Waals surface area contributed by atoms with Crippen LogP contribution >= 0.6 is 0 Å². The Morgan fingerprint density at radius 2 is 1.67 bits per heavy atom. The Kier molecular flexibility index (Phi) is 4.07. The second-order valence-corrected chi connectivity index (χ2v) is 5.87. The number of benzene rings is 2. The number of H-pyrrole nitrogens is 1. The van der Waals surface area contributed by atoms with Crippen molar-refractivity contribution in [2.75, 3.05) is 20.6 Å². The molecule has 0 aliphatic rings. The van der Waals surface area contributed by atoms with Crippen LogP contribution < -0.4 is 0 Å². The van der Waals surface area contributed by atoms with Crippen LogP contribution in [0.3, 0.4) is 0 Å². The molecule has 0 saturated carbocycles. The molecule has 1 N–H and O–H groups in total. The van der Waals surface area contributed by atoms with Crippen molar-refractivity contribution in [2.45, 2.75) is 12.3 Å². The highest BCUT2D eigenvalue weighted by atomic mass is 15.0. The minimum Gasteiger partial charge on any atom is -0.358 e. The van der Waals surface area contributed by atoms with Gasteiger partial charge in [0.1, 0.15) is 0 Å². The first kappa shape index (κ1) is 13.9. The first-order chi connectivity index (χ1) is 10.2. The van der Waals surface area contributed by atoms with Gasteiger partial charge in [-0.15, -0.1) is 0 Å². The first-order valence-corrected chi connectivity index (χ1v) is 7.51. The van der Waals surface area contributed by atoms with Gasteiger partial charge in [0.2, 0.25) is 0 Å². The maximum Gasteiger partial charge on any atom is 0.0456 e. The van der Waals surface area contributed by atoms with Crippen LogP contribution in [0.25, 0.3) is 10.9 Å². The van der Waals surface area contributed by atoms with Gasteiger partial charge in [-0.05, 0) is 50.1 Å². The molecule has 2 heteroatoms. The molecule has 1 aromatic heterocycles. The van der Waals surface area contributed by atoms with E-state index in [9.17, 15) is 0 Å². The Bertz CT molecular complexity index is 665. The molecule has 1 atom stereocenters. The number of nitrogens with zero attached hydrogens (tertiary/aromatic N) is 1. The van der Waals surface area contributed by atoms with Crippen molar-refractivity contribution in [3.05, 3.63) is 71.9 Å². The lowest BCUT2D eigenvalue weighted by Gasteiger charge is -2.19. The topological polar surface area (TPSA) is 19.0 Å². The summed E-state index contributed by atoms with van der Waals surface area (Å²) < 4.78 is 0. The van der Waals surface area contributed by atoms with E-state index in [-0.39, 0.29) is 0 Å². The van der Waals surface area contributed by atoms with Gasteiger partial charge in [0, 0.05) is 17.1 Å². The molecule has 0 bridgehead atoms. The summed E-state index contributed by atoms with van der Waals surface area (Å²) in [5, 5.41) is 1.29. The van der Waals surface area contributed by atoms with Gasteiger partial charge in [-0.3, -0.25) is 0 Å². The van der Waals surface area contributed by atoms with Crippen molar-refractivity contribution in [3.8, 4) is 0 Å². The zero-order chi connectivity index (χ0) is 14.7. The molecule has 0 spiro atoms. The Morgan fingerprint density at radius 1 is 0.952 bits per heavy atom. The van der Waals surface area contributed by atoms with E-state index in [2.05, 4.69) is 84.6 Å². The van der Waals surface area contributed by atoms with Crippen molar-refractivity contribution in [1.82, 2.24) is 9.88 Å². The minimum absolute atomic E-state index is 0.418. The number of aromatic amines is 1. The van der Waals surface area contributed by atoms with Crippen LogP contribution in [-0.2, 0) is 0 Å². The summed E-state index contributed by atoms with van der Waals surface area (Å²) in [6.07, 6.45) is 1.11. The number of fused-ring (bicyclic) bond motifs is 1. The van der Waals surface area contributed by atoms with E-state index >= 15 is 0 Å². The summed E-state index contributed by atoms with van der Waals surface area (Å²) in [5.41, 5.74) is 3.91. The monoisotopic (exact) mass is 278 g/mol. The largest absolute Gasteiger partial charge is 0.358 e. The van der Waals surface area contributed by atoms with Crippen molar-refractivity contribution in [2.24, 2.45) is 0 Å². The Morgan fingerprint density at radius 3 is 2.38 bits per heavy atom. The van der Waals surface area contributed by atoms with Crippen LogP contribution in [0.4, 0.5) is 0 Å². The predicted molar refractivity (Wildman–Crippen MR) is 89.8 cm³/mol. The van der Waals surface area contributed by atoms with E-state index in [1.165, 1.54) is 22.2 Å². The Labute approximate surface area is 126 Å². The Hall–Kier alpha value is -2.06. The maximum absolute atomic E-state index is 3.60. The smallest absolute Gasteiger partial charge is 0.0456 e. The van der Waals surface area contributed by atoms with Crippen LogP contribution in [0, 0.1) is 0 Å². The van der Waals surface area contributed by atoms with Crippen LogP contribution in [0.1, 0.15) is 23.6 Å². The minimum atomic E-state index is 0.418. The fourth-order valence-corrected chi connectivity index (χ4v) is 2.86. The molecule has 1 heterocycles. The van der Waals surface area contributed by atoms with Crippen LogP contribution in [0.2, 0.25) is 0 Å². The molecular weight excluding hydrogens is 256 g/mol. The zero-order valence-corrected chi connectivity index (χ0v) is 12.7. The highest BCUT2D eigenvalue weighted by Gasteiger charge is 2.16. The lowest BCUT2D eigenvalue weighted by Crippen LogP contribution is -2.16. The third-order valence-electron chi connectivity index (χ3n) is 3.99. The molecule has 3 rings (SSSR count). The average Bonchev–Trinajstić information content (AvgIpc) is 2.92. The van der Waals surface area contributed by atoms with Gasteiger partial charge in [0.25, 0.3) is 0 Å². The lowest BCUT2D eigenvalue weighted by atomic mass is 9.92. The molecule has 3 aromatic rings. The van der Waals surface area contributed by atoms with Crippen molar-refractivity contribution < 1.29 is 0 Å². The van der Waals surface area contributed by atoms with E-state index in [1.807, 2.05) is 0 Å². The third-order valence-corrected chi connectivity index (χ3v) is 3.99. The molecule has 0 radical (unpaired) electrons. The standard InChI is InChI=1S/C19H22N2/c1-21(2)13-12-17(15-8-4-3-5-9-15)19-14-16-10-6-7-11-18(16)20-19/h3-11,14,17,20H,12-13H2,1-2H3. The first-order valence-electron chi connectivity index (χ1n) is 7.51. The summed E-state index contributed by atoms with van der Waals surface area (Å²) in [5.74, 6) is 0.418. The molecule has 2 nitrogen and oxygen atoms in total. The highest BCUT2D eigenvalue weighted by Crippen LogP contribution is 2.29. The summed E-state index contributed by atoms with van der Waals surface area (Å²) >= 11 is 0. The molecule has 1 unspecified atom stereocenters. The Balaban J connectivity index is 1.97. The molecule has 0 aliphatic carbocycles. The number of para-hydroxylation sites is 1. The van der Waals surface area contributed by atoms with Crippen molar-refractivity contribution in [1.29, 1.82) is 0 Å². The highest BCUT2D eigenvalue weighted by molar-refractivity contribution is 5.80. The molecule has 0 amide bonds. The molecule has 0 aliphatic heterocycles. The number of hydrogen-bond donors (Lipinski definition) is 1. The van der Waals surface area contributed by atoms with Crippen LogP contribution in [0.15, 0.2) is 60.7 Å². The number of aromatic nitrogens is 1. The fourth-order valence-electron chi connectivity index (χ4n) is 2.86. The van der Waals surface area contributed by atoms with E-state index in [0.717, 1.165) is 13.0 Å². The van der Waals surface area contributed by atoms with Crippen molar-refractivity contribution in [3.63, 3.8) is 0 Å². The van der Waals surface area contributed by atoms with Crippen LogP contribution in [0.5, 0.6) is 0 Å². The summed E-state index contributed by atoms with van der Waals surface area (Å²) in [6, 6.07) is 21.6. The summed E-state index contributed by atoms with van der Waals surface area (Å²) in [6.45, 7) is 1.08. The molecule has 0 saturated heterocycles. The van der Waals surface area contributed by atoms with Gasteiger partial charge < -0.3 is 9.88 Å². The van der Waals surface area contributed by atoms with E-state index < -0.39 is 0 Å². The summed E-state index contributed by atoms with van der Waals surface area (Å²) in [7, 11) is 4.26. The number of hydrogen-bond acceptors (Lipinski definition) is 1. The normalized spacial score (nSPS) is 12.9. The fraction of sp³-hybridized carbons (Fsp3) is 0.263. The third kappa shape index (κ3) is 3.17. The lowest BCUT2D eigenvalue weighted by molar-refractivity contribution is 0.389. The molecular formula is C19H22N2. The van der Waals surface area contributed by atoms with Crippen molar-refractivity contribution >= 4 is 10.9 Å². The van der Waals surface area contributed by atoms with Gasteiger partial charge in [0.05, 0.1) is 0 Å². The number of rotatable bonds is 5. The molecule has 21 heavy (non-hydrogen) atoms. The van der Waals surface area contributed by atoms with E-state index in [0.29, 0.717) is 5.92 Å². The van der Waals surface area contributed by atoms with E-state index in [4.69, 9.17) is 0 Å². The van der Waals surface area contributed by atoms with Gasteiger partial charge >= 0.3 is 0 Å². The average molecular weight is 278 g/mol. The van der Waals surface area contributed by atoms with Gasteiger partial charge in [0.15, 0.2) is 0 Å².